The molecule has 0 radical (unpaired) electrons. The number of carbonyl (C=O) groups excluding carboxylic acids is 1. The van der Waals surface area contributed by atoms with Crippen LogP contribution in [0.1, 0.15) is 38.5 Å². The quantitative estimate of drug-likeness (QED) is 0.516. The predicted molar refractivity (Wildman–Crippen MR) is 62.7 cm³/mol. The summed E-state index contributed by atoms with van der Waals surface area (Å²) >= 11 is 0. The maximum absolute atomic E-state index is 10.8. The summed E-state index contributed by atoms with van der Waals surface area (Å²) in [6.07, 6.45) is 9.08. The van der Waals surface area contributed by atoms with Crippen molar-refractivity contribution in [3.63, 3.8) is 0 Å². The molecule has 3 nitrogen and oxygen atoms in total. The maximum atomic E-state index is 10.8. The first-order chi connectivity index (χ1) is 7.33. The third kappa shape index (κ3) is 5.57. The molecule has 0 saturated heterocycles. The van der Waals surface area contributed by atoms with Gasteiger partial charge in [-0.05, 0) is 31.9 Å². The van der Waals surface area contributed by atoms with Gasteiger partial charge in [-0.25, -0.2) is 0 Å². The molecule has 1 saturated carbocycles. The molecule has 86 valence electrons. The van der Waals surface area contributed by atoms with Crippen LogP contribution in [0.5, 0.6) is 0 Å². The Bertz CT molecular complexity index is 198. The molecule has 0 unspecified atom stereocenters. The highest BCUT2D eigenvalue weighted by molar-refractivity contribution is 5.86. The monoisotopic (exact) mass is 210 g/mol. The predicted octanol–water partition coefficient (Wildman–Crippen LogP) is 1.60. The topological polar surface area (TPSA) is 41.1 Å². The Kier molecular flexibility index (Phi) is 6.09. The lowest BCUT2D eigenvalue weighted by molar-refractivity contribution is -0.116. The van der Waals surface area contributed by atoms with Crippen LogP contribution in [-0.2, 0) is 4.79 Å². The van der Waals surface area contributed by atoms with E-state index < -0.39 is 0 Å². The third-order valence-corrected chi connectivity index (χ3v) is 2.88. The van der Waals surface area contributed by atoms with Crippen molar-refractivity contribution < 1.29 is 4.79 Å². The van der Waals surface area contributed by atoms with Crippen LogP contribution in [0, 0.1) is 0 Å². The molecule has 1 fully saturated rings. The highest BCUT2D eigenvalue weighted by atomic mass is 16.1. The summed E-state index contributed by atoms with van der Waals surface area (Å²) in [6, 6.07) is 0.717. The van der Waals surface area contributed by atoms with Crippen molar-refractivity contribution in [2.45, 2.75) is 44.6 Å². The minimum Gasteiger partial charge on any atom is -0.353 e. The molecule has 1 rings (SSSR count). The van der Waals surface area contributed by atoms with Crippen molar-refractivity contribution in [1.82, 2.24) is 10.6 Å². The Labute approximate surface area is 92.3 Å². The van der Waals surface area contributed by atoms with E-state index in [2.05, 4.69) is 17.2 Å². The summed E-state index contributed by atoms with van der Waals surface area (Å²) in [5, 5.41) is 6.31. The van der Waals surface area contributed by atoms with E-state index in [9.17, 15) is 4.79 Å². The lowest BCUT2D eigenvalue weighted by Gasteiger charge is -2.22. The molecule has 2 N–H and O–H groups in total. The maximum Gasteiger partial charge on any atom is 0.243 e. The SMILES string of the molecule is C=CC(=O)NCCCNC1CCCCC1. The lowest BCUT2D eigenvalue weighted by atomic mass is 9.95. The van der Waals surface area contributed by atoms with Gasteiger partial charge in [0.05, 0.1) is 0 Å². The van der Waals surface area contributed by atoms with Crippen molar-refractivity contribution in [2.75, 3.05) is 13.1 Å². The van der Waals surface area contributed by atoms with E-state index in [0.29, 0.717) is 6.04 Å². The first-order valence-electron chi connectivity index (χ1n) is 5.96. The molecular formula is C12H22N2O. The fourth-order valence-corrected chi connectivity index (χ4v) is 1.99. The standard InChI is InChI=1S/C12H22N2O/c1-2-12(15)14-10-6-9-13-11-7-4-3-5-8-11/h2,11,13H,1,3-10H2,(H,14,15). The van der Waals surface area contributed by atoms with Crippen LogP contribution < -0.4 is 10.6 Å². The van der Waals surface area contributed by atoms with Gasteiger partial charge < -0.3 is 10.6 Å². The van der Waals surface area contributed by atoms with Crippen LogP contribution in [0.2, 0.25) is 0 Å². The normalized spacial score (nSPS) is 17.3. The van der Waals surface area contributed by atoms with E-state index in [-0.39, 0.29) is 5.91 Å². The van der Waals surface area contributed by atoms with E-state index in [1.807, 2.05) is 0 Å². The second-order valence-electron chi connectivity index (χ2n) is 4.14. The lowest BCUT2D eigenvalue weighted by Crippen LogP contribution is -2.33. The van der Waals surface area contributed by atoms with Crippen LogP contribution in [0.25, 0.3) is 0 Å². The van der Waals surface area contributed by atoms with Gasteiger partial charge in [-0.3, -0.25) is 4.79 Å². The molecule has 0 atom stereocenters. The van der Waals surface area contributed by atoms with Gasteiger partial charge >= 0.3 is 0 Å². The van der Waals surface area contributed by atoms with Crippen molar-refractivity contribution in [1.29, 1.82) is 0 Å². The van der Waals surface area contributed by atoms with Gasteiger partial charge in [0.1, 0.15) is 0 Å². The van der Waals surface area contributed by atoms with Gasteiger partial charge in [-0.15, -0.1) is 0 Å². The largest absolute Gasteiger partial charge is 0.353 e. The van der Waals surface area contributed by atoms with Crippen molar-refractivity contribution in [3.05, 3.63) is 12.7 Å². The Morgan fingerprint density at radius 3 is 2.67 bits per heavy atom. The van der Waals surface area contributed by atoms with Crippen molar-refractivity contribution >= 4 is 5.91 Å². The Morgan fingerprint density at radius 1 is 1.27 bits per heavy atom. The molecule has 0 bridgehead atoms. The van der Waals surface area contributed by atoms with Crippen LogP contribution in [0.4, 0.5) is 0 Å². The molecule has 1 aliphatic rings. The van der Waals surface area contributed by atoms with E-state index >= 15 is 0 Å². The number of carbonyl (C=O) groups is 1. The highest BCUT2D eigenvalue weighted by Crippen LogP contribution is 2.16. The number of nitrogens with one attached hydrogen (secondary N) is 2. The van der Waals surface area contributed by atoms with Crippen LogP contribution in [0.15, 0.2) is 12.7 Å². The van der Waals surface area contributed by atoms with Crippen LogP contribution in [0.3, 0.4) is 0 Å². The zero-order valence-corrected chi connectivity index (χ0v) is 9.43. The average molecular weight is 210 g/mol. The third-order valence-electron chi connectivity index (χ3n) is 2.88. The molecule has 0 spiro atoms. The number of rotatable bonds is 6. The van der Waals surface area contributed by atoms with Gasteiger partial charge in [-0.1, -0.05) is 25.8 Å². The van der Waals surface area contributed by atoms with Gasteiger partial charge in [-0.2, -0.15) is 0 Å². The average Bonchev–Trinajstić information content (AvgIpc) is 2.29. The summed E-state index contributed by atoms with van der Waals surface area (Å²) in [5.41, 5.74) is 0. The first kappa shape index (κ1) is 12.2. The van der Waals surface area contributed by atoms with Crippen molar-refractivity contribution in [3.8, 4) is 0 Å². The van der Waals surface area contributed by atoms with Gasteiger partial charge in [0.25, 0.3) is 0 Å². The molecule has 15 heavy (non-hydrogen) atoms. The van der Waals surface area contributed by atoms with Crippen LogP contribution in [-0.4, -0.2) is 25.0 Å². The molecular weight excluding hydrogens is 188 g/mol. The fraction of sp³-hybridized carbons (Fsp3) is 0.750. The Balaban J connectivity index is 1.91. The van der Waals surface area contributed by atoms with Gasteiger partial charge in [0.15, 0.2) is 0 Å². The summed E-state index contributed by atoms with van der Waals surface area (Å²) in [7, 11) is 0. The summed E-state index contributed by atoms with van der Waals surface area (Å²) in [4.78, 5) is 10.8. The fourth-order valence-electron chi connectivity index (χ4n) is 1.99. The minimum atomic E-state index is -0.0762. The number of hydrogen-bond donors (Lipinski definition) is 2. The second kappa shape index (κ2) is 7.46. The number of hydrogen-bond acceptors (Lipinski definition) is 2. The van der Waals surface area contributed by atoms with Crippen molar-refractivity contribution in [2.24, 2.45) is 0 Å². The molecule has 0 aromatic rings. The Hall–Kier alpha value is -0.830. The van der Waals surface area contributed by atoms with Gasteiger partial charge in [0, 0.05) is 12.6 Å². The zero-order chi connectivity index (χ0) is 10.9. The summed E-state index contributed by atoms with van der Waals surface area (Å²) < 4.78 is 0. The molecule has 0 heterocycles. The zero-order valence-electron chi connectivity index (χ0n) is 9.43. The molecule has 0 aliphatic heterocycles. The molecule has 1 aliphatic carbocycles. The van der Waals surface area contributed by atoms with E-state index in [4.69, 9.17) is 0 Å². The summed E-state index contributed by atoms with van der Waals surface area (Å²) in [6.45, 7) is 5.15. The van der Waals surface area contributed by atoms with E-state index in [0.717, 1.165) is 19.5 Å². The molecule has 0 aromatic carbocycles. The van der Waals surface area contributed by atoms with Gasteiger partial charge in [0.2, 0.25) is 5.91 Å². The highest BCUT2D eigenvalue weighted by Gasteiger charge is 2.11. The number of amides is 1. The van der Waals surface area contributed by atoms with E-state index in [1.165, 1.54) is 38.2 Å². The minimum absolute atomic E-state index is 0.0762. The smallest absolute Gasteiger partial charge is 0.243 e. The Morgan fingerprint density at radius 2 is 2.00 bits per heavy atom. The second-order valence-corrected chi connectivity index (χ2v) is 4.14. The molecule has 0 aromatic heterocycles. The van der Waals surface area contributed by atoms with E-state index in [1.54, 1.807) is 0 Å². The molecule has 3 heteroatoms. The first-order valence-corrected chi connectivity index (χ1v) is 5.96. The molecule has 1 amide bonds. The summed E-state index contributed by atoms with van der Waals surface area (Å²) in [5.74, 6) is -0.0762. The van der Waals surface area contributed by atoms with Crippen LogP contribution >= 0.6 is 0 Å².